The lowest BCUT2D eigenvalue weighted by atomic mass is 10.1. The zero-order valence-corrected chi connectivity index (χ0v) is 13.9. The van der Waals surface area contributed by atoms with Crippen molar-refractivity contribution in [2.75, 3.05) is 0 Å². The topological polar surface area (TPSA) is 41.1 Å². The van der Waals surface area contributed by atoms with Crippen molar-refractivity contribution in [2.24, 2.45) is 0 Å². The standard InChI is InChI=1S/C17H18Cl2N2O/c1-11(13-7-9-14(18)10-8-13)20-17(22)21-12(2)15-5-3-4-6-16(15)19/h3-12H,1-2H3,(H2,20,21,22). The van der Waals surface area contributed by atoms with Crippen molar-refractivity contribution in [2.45, 2.75) is 25.9 Å². The summed E-state index contributed by atoms with van der Waals surface area (Å²) in [5.74, 6) is 0. The lowest BCUT2D eigenvalue weighted by Crippen LogP contribution is -2.38. The van der Waals surface area contributed by atoms with Gasteiger partial charge in [0.25, 0.3) is 0 Å². The smallest absolute Gasteiger partial charge is 0.315 e. The summed E-state index contributed by atoms with van der Waals surface area (Å²) in [6.07, 6.45) is 0. The van der Waals surface area contributed by atoms with Gasteiger partial charge in [-0.25, -0.2) is 4.79 Å². The Morgan fingerprint density at radius 2 is 1.50 bits per heavy atom. The first-order valence-electron chi connectivity index (χ1n) is 7.04. The molecule has 2 rings (SSSR count). The maximum Gasteiger partial charge on any atom is 0.315 e. The van der Waals surface area contributed by atoms with Gasteiger partial charge in [-0.05, 0) is 43.2 Å². The van der Waals surface area contributed by atoms with Crippen LogP contribution in [0.2, 0.25) is 10.0 Å². The van der Waals surface area contributed by atoms with E-state index in [9.17, 15) is 4.79 Å². The predicted molar refractivity (Wildman–Crippen MR) is 91.4 cm³/mol. The van der Waals surface area contributed by atoms with Crippen molar-refractivity contribution >= 4 is 29.2 Å². The number of hydrogen-bond donors (Lipinski definition) is 2. The van der Waals surface area contributed by atoms with Crippen LogP contribution in [0.5, 0.6) is 0 Å². The van der Waals surface area contributed by atoms with Crippen LogP contribution in [-0.2, 0) is 0 Å². The molecule has 0 bridgehead atoms. The first kappa shape index (κ1) is 16.7. The van der Waals surface area contributed by atoms with Gasteiger partial charge in [0.2, 0.25) is 0 Å². The third kappa shape index (κ3) is 4.39. The van der Waals surface area contributed by atoms with Crippen LogP contribution in [0, 0.1) is 0 Å². The molecule has 0 heterocycles. The average molecular weight is 337 g/mol. The summed E-state index contributed by atoms with van der Waals surface area (Å²) >= 11 is 12.0. The van der Waals surface area contributed by atoms with E-state index in [1.807, 2.05) is 50.2 Å². The third-order valence-corrected chi connectivity index (χ3v) is 4.03. The Labute approximate surface area is 140 Å². The largest absolute Gasteiger partial charge is 0.332 e. The van der Waals surface area contributed by atoms with Gasteiger partial charge in [-0.2, -0.15) is 0 Å². The number of halogens is 2. The molecular formula is C17H18Cl2N2O. The Morgan fingerprint density at radius 3 is 2.14 bits per heavy atom. The molecule has 2 amide bonds. The predicted octanol–water partition coefficient (Wildman–Crippen LogP) is 5.11. The van der Waals surface area contributed by atoms with Crippen LogP contribution in [0.4, 0.5) is 4.79 Å². The number of hydrogen-bond acceptors (Lipinski definition) is 1. The van der Waals surface area contributed by atoms with E-state index >= 15 is 0 Å². The molecule has 0 saturated carbocycles. The Hall–Kier alpha value is -1.71. The highest BCUT2D eigenvalue weighted by Crippen LogP contribution is 2.22. The van der Waals surface area contributed by atoms with E-state index in [2.05, 4.69) is 10.6 Å². The Kier molecular flexibility index (Phi) is 5.69. The van der Waals surface area contributed by atoms with E-state index in [-0.39, 0.29) is 18.1 Å². The van der Waals surface area contributed by atoms with Crippen LogP contribution < -0.4 is 10.6 Å². The molecule has 0 aliphatic rings. The first-order valence-corrected chi connectivity index (χ1v) is 7.80. The number of nitrogens with one attached hydrogen (secondary N) is 2. The van der Waals surface area contributed by atoms with Crippen molar-refractivity contribution in [1.29, 1.82) is 0 Å². The van der Waals surface area contributed by atoms with Gasteiger partial charge in [0.1, 0.15) is 0 Å². The molecule has 2 atom stereocenters. The van der Waals surface area contributed by atoms with E-state index in [0.29, 0.717) is 10.0 Å². The lowest BCUT2D eigenvalue weighted by Gasteiger charge is -2.19. The maximum absolute atomic E-state index is 12.1. The molecule has 0 spiro atoms. The van der Waals surface area contributed by atoms with Crippen LogP contribution in [0.15, 0.2) is 48.5 Å². The Morgan fingerprint density at radius 1 is 0.909 bits per heavy atom. The average Bonchev–Trinajstić information content (AvgIpc) is 2.48. The van der Waals surface area contributed by atoms with E-state index in [1.165, 1.54) is 0 Å². The SMILES string of the molecule is CC(NC(=O)NC(C)c1ccccc1Cl)c1ccc(Cl)cc1. The number of urea groups is 1. The van der Waals surface area contributed by atoms with Crippen LogP contribution in [0.25, 0.3) is 0 Å². The fourth-order valence-electron chi connectivity index (χ4n) is 2.17. The molecule has 2 unspecified atom stereocenters. The minimum absolute atomic E-state index is 0.115. The minimum atomic E-state index is -0.241. The van der Waals surface area contributed by atoms with Gasteiger partial charge in [-0.3, -0.25) is 0 Å². The molecule has 0 saturated heterocycles. The summed E-state index contributed by atoms with van der Waals surface area (Å²) < 4.78 is 0. The van der Waals surface area contributed by atoms with Gasteiger partial charge in [-0.1, -0.05) is 53.5 Å². The van der Waals surface area contributed by atoms with Crippen LogP contribution in [0.1, 0.15) is 37.1 Å². The second kappa shape index (κ2) is 7.52. The van der Waals surface area contributed by atoms with Gasteiger partial charge in [0, 0.05) is 10.0 Å². The normalized spacial score (nSPS) is 13.3. The molecule has 5 heteroatoms. The number of carbonyl (C=O) groups is 1. The van der Waals surface area contributed by atoms with Crippen LogP contribution >= 0.6 is 23.2 Å². The van der Waals surface area contributed by atoms with Gasteiger partial charge >= 0.3 is 6.03 Å². The highest BCUT2D eigenvalue weighted by Gasteiger charge is 2.14. The summed E-state index contributed by atoms with van der Waals surface area (Å²) in [5.41, 5.74) is 1.88. The summed E-state index contributed by atoms with van der Waals surface area (Å²) in [7, 11) is 0. The minimum Gasteiger partial charge on any atom is -0.332 e. The number of carbonyl (C=O) groups excluding carboxylic acids is 1. The molecule has 3 nitrogen and oxygen atoms in total. The fourth-order valence-corrected chi connectivity index (χ4v) is 2.60. The summed E-state index contributed by atoms with van der Waals surface area (Å²) in [5, 5.41) is 7.10. The van der Waals surface area contributed by atoms with E-state index in [4.69, 9.17) is 23.2 Å². The summed E-state index contributed by atoms with van der Waals surface area (Å²) in [6.45, 7) is 3.82. The second-order valence-corrected chi connectivity index (χ2v) is 5.98. The monoisotopic (exact) mass is 336 g/mol. The zero-order valence-electron chi connectivity index (χ0n) is 12.4. The zero-order chi connectivity index (χ0) is 16.1. The van der Waals surface area contributed by atoms with Crippen LogP contribution in [-0.4, -0.2) is 6.03 Å². The molecule has 0 fully saturated rings. The Bertz CT molecular complexity index is 643. The molecule has 2 N–H and O–H groups in total. The number of amides is 2. The highest BCUT2D eigenvalue weighted by atomic mass is 35.5. The van der Waals surface area contributed by atoms with Gasteiger partial charge in [0.05, 0.1) is 12.1 Å². The molecule has 2 aromatic rings. The van der Waals surface area contributed by atoms with Crippen molar-refractivity contribution in [3.8, 4) is 0 Å². The van der Waals surface area contributed by atoms with Crippen LogP contribution in [0.3, 0.4) is 0 Å². The van der Waals surface area contributed by atoms with Gasteiger partial charge < -0.3 is 10.6 Å². The molecule has 2 aromatic carbocycles. The van der Waals surface area contributed by atoms with Crippen molar-refractivity contribution in [1.82, 2.24) is 10.6 Å². The molecule has 22 heavy (non-hydrogen) atoms. The Balaban J connectivity index is 1.95. The summed E-state index contributed by atoms with van der Waals surface area (Å²) in [6, 6.07) is 14.3. The van der Waals surface area contributed by atoms with Crippen molar-refractivity contribution < 1.29 is 4.79 Å². The second-order valence-electron chi connectivity index (χ2n) is 5.13. The van der Waals surface area contributed by atoms with Gasteiger partial charge in [-0.15, -0.1) is 0 Å². The fraction of sp³-hybridized carbons (Fsp3) is 0.235. The van der Waals surface area contributed by atoms with E-state index < -0.39 is 0 Å². The molecule has 116 valence electrons. The molecule has 0 radical (unpaired) electrons. The highest BCUT2D eigenvalue weighted by molar-refractivity contribution is 6.31. The molecule has 0 aromatic heterocycles. The number of benzene rings is 2. The maximum atomic E-state index is 12.1. The quantitative estimate of drug-likeness (QED) is 0.799. The first-order chi connectivity index (χ1) is 10.5. The third-order valence-electron chi connectivity index (χ3n) is 3.44. The molecular weight excluding hydrogens is 319 g/mol. The van der Waals surface area contributed by atoms with Crippen molar-refractivity contribution in [3.63, 3.8) is 0 Å². The van der Waals surface area contributed by atoms with E-state index in [1.54, 1.807) is 12.1 Å². The molecule has 0 aliphatic carbocycles. The van der Waals surface area contributed by atoms with Gasteiger partial charge in [0.15, 0.2) is 0 Å². The molecule has 0 aliphatic heterocycles. The summed E-state index contributed by atoms with van der Waals surface area (Å²) in [4.78, 5) is 12.1. The lowest BCUT2D eigenvalue weighted by molar-refractivity contribution is 0.235. The number of rotatable bonds is 4. The van der Waals surface area contributed by atoms with E-state index in [0.717, 1.165) is 11.1 Å². The van der Waals surface area contributed by atoms with Crippen molar-refractivity contribution in [3.05, 3.63) is 69.7 Å².